The van der Waals surface area contributed by atoms with Crippen LogP contribution in [0.3, 0.4) is 0 Å². The molecule has 2 aliphatic rings. The second-order valence-electron chi connectivity index (χ2n) is 9.00. The summed E-state index contributed by atoms with van der Waals surface area (Å²) in [5.74, 6) is -1.10. The Morgan fingerprint density at radius 2 is 1.83 bits per heavy atom. The van der Waals surface area contributed by atoms with Gasteiger partial charge >= 0.3 is 0 Å². The zero-order valence-electron chi connectivity index (χ0n) is 19.3. The van der Waals surface area contributed by atoms with Gasteiger partial charge in [-0.1, -0.05) is 35.0 Å². The van der Waals surface area contributed by atoms with Crippen LogP contribution in [0.5, 0.6) is 11.5 Å². The number of nitrogens with zero attached hydrogens (tertiary/aromatic N) is 2. The highest BCUT2D eigenvalue weighted by Gasteiger charge is 2.32. The number of likely N-dealkylation sites (tertiary alicyclic amines) is 1. The monoisotopic (exact) mass is 513 g/mol. The molecule has 1 saturated heterocycles. The Balaban J connectivity index is 1.39. The fraction of sp³-hybridized carbons (Fsp3) is 0.346. The maximum atomic E-state index is 14.6. The molecule has 0 aromatic heterocycles. The molecule has 1 fully saturated rings. The molecule has 0 radical (unpaired) electrons. The molecule has 0 bridgehead atoms. The van der Waals surface area contributed by atoms with Crippen molar-refractivity contribution in [1.29, 1.82) is 0 Å². The number of nitrogens with one attached hydrogen (secondary N) is 1. The minimum atomic E-state index is -1.33. The zero-order valence-corrected chi connectivity index (χ0v) is 20.1. The highest BCUT2D eigenvalue weighted by Crippen LogP contribution is 2.36. The number of ether oxygens (including phenoxy) is 2. The number of carbonyl (C=O) groups is 1. The summed E-state index contributed by atoms with van der Waals surface area (Å²) in [6, 6.07) is 11.0. The molecule has 5 rings (SSSR count). The van der Waals surface area contributed by atoms with Crippen molar-refractivity contribution in [1.82, 2.24) is 10.2 Å². The molecular formula is C26H25ClFN3O5. The lowest BCUT2D eigenvalue weighted by atomic mass is 9.98. The first-order valence-electron chi connectivity index (χ1n) is 11.7. The van der Waals surface area contributed by atoms with Gasteiger partial charge in [0.15, 0.2) is 23.4 Å². The van der Waals surface area contributed by atoms with Crippen molar-refractivity contribution >= 4 is 28.3 Å². The van der Waals surface area contributed by atoms with E-state index in [9.17, 15) is 19.2 Å². The van der Waals surface area contributed by atoms with Crippen LogP contribution in [0.1, 0.15) is 29.7 Å². The van der Waals surface area contributed by atoms with E-state index in [0.29, 0.717) is 17.1 Å². The van der Waals surface area contributed by atoms with E-state index in [2.05, 4.69) is 15.4 Å². The van der Waals surface area contributed by atoms with Crippen molar-refractivity contribution in [3.8, 4) is 11.5 Å². The average Bonchev–Trinajstić information content (AvgIpc) is 2.85. The van der Waals surface area contributed by atoms with Crippen LogP contribution >= 0.6 is 11.6 Å². The van der Waals surface area contributed by atoms with E-state index in [1.165, 1.54) is 12.1 Å². The predicted octanol–water partition coefficient (Wildman–Crippen LogP) is 4.14. The Bertz CT molecular complexity index is 1300. The van der Waals surface area contributed by atoms with Crippen LogP contribution in [0.2, 0.25) is 5.02 Å². The van der Waals surface area contributed by atoms with E-state index in [4.69, 9.17) is 21.1 Å². The molecule has 0 spiro atoms. The minimum absolute atomic E-state index is 0.00309. The predicted molar refractivity (Wildman–Crippen MR) is 133 cm³/mol. The van der Waals surface area contributed by atoms with Crippen molar-refractivity contribution in [3.63, 3.8) is 0 Å². The Kier molecular flexibility index (Phi) is 7.04. The number of aliphatic hydroxyl groups excluding tert-OH is 1. The number of nitroso groups, excluding NO2 is 1. The third kappa shape index (κ3) is 5.00. The van der Waals surface area contributed by atoms with Gasteiger partial charge in [0.05, 0.1) is 6.04 Å². The quantitative estimate of drug-likeness (QED) is 0.439. The normalized spacial score (nSPS) is 17.6. The summed E-state index contributed by atoms with van der Waals surface area (Å²) in [5.41, 5.74) is 0.653. The first kappa shape index (κ1) is 24.4. The molecular weight excluding hydrogens is 489 g/mol. The van der Waals surface area contributed by atoms with Crippen molar-refractivity contribution in [2.75, 3.05) is 32.8 Å². The molecule has 3 atom stereocenters. The fourth-order valence-electron chi connectivity index (χ4n) is 4.53. The average molecular weight is 514 g/mol. The number of halogens is 2. The van der Waals surface area contributed by atoms with Gasteiger partial charge in [0.1, 0.15) is 19.3 Å². The SMILES string of the molecule is O=NC(C(=O)NC(CN1CCC1)C(O)c1cc(F)c2c(c1)OCCO2)c1ccc2cc(Cl)ccc2c1. The lowest BCUT2D eigenvalue weighted by Crippen LogP contribution is -2.51. The lowest BCUT2D eigenvalue weighted by molar-refractivity contribution is -0.124. The van der Waals surface area contributed by atoms with Crippen molar-refractivity contribution in [2.24, 2.45) is 5.18 Å². The Morgan fingerprint density at radius 1 is 1.08 bits per heavy atom. The number of fused-ring (bicyclic) bond motifs is 2. The van der Waals surface area contributed by atoms with Crippen molar-refractivity contribution in [2.45, 2.75) is 24.6 Å². The maximum absolute atomic E-state index is 14.6. The van der Waals surface area contributed by atoms with Crippen molar-refractivity contribution < 1.29 is 23.8 Å². The molecule has 0 saturated carbocycles. The van der Waals surface area contributed by atoms with E-state index in [0.717, 1.165) is 30.3 Å². The molecule has 3 aromatic carbocycles. The first-order chi connectivity index (χ1) is 17.4. The molecule has 36 heavy (non-hydrogen) atoms. The fourth-order valence-corrected chi connectivity index (χ4v) is 4.71. The summed E-state index contributed by atoms with van der Waals surface area (Å²) in [7, 11) is 0. The van der Waals surface area contributed by atoms with Crippen LogP contribution in [-0.2, 0) is 4.79 Å². The number of rotatable bonds is 8. The van der Waals surface area contributed by atoms with Gasteiger partial charge in [0.25, 0.3) is 5.91 Å². The van der Waals surface area contributed by atoms with Crippen LogP contribution in [-0.4, -0.2) is 54.8 Å². The third-order valence-corrected chi connectivity index (χ3v) is 6.80. The topological polar surface area (TPSA) is 100 Å². The molecule has 10 heteroatoms. The molecule has 188 valence electrons. The Labute approximate surface area is 211 Å². The summed E-state index contributed by atoms with van der Waals surface area (Å²) in [6.45, 7) is 2.46. The van der Waals surface area contributed by atoms with Crippen LogP contribution in [0, 0.1) is 10.7 Å². The second kappa shape index (κ2) is 10.4. The van der Waals surface area contributed by atoms with Gasteiger partial charge < -0.3 is 24.8 Å². The van der Waals surface area contributed by atoms with Crippen LogP contribution < -0.4 is 14.8 Å². The van der Waals surface area contributed by atoms with Crippen LogP contribution in [0.4, 0.5) is 4.39 Å². The number of hydrogen-bond acceptors (Lipinski definition) is 7. The summed E-state index contributed by atoms with van der Waals surface area (Å²) >= 11 is 6.04. The second-order valence-corrected chi connectivity index (χ2v) is 9.44. The largest absolute Gasteiger partial charge is 0.486 e. The van der Waals surface area contributed by atoms with Crippen LogP contribution in [0.15, 0.2) is 53.7 Å². The number of benzene rings is 3. The highest BCUT2D eigenvalue weighted by atomic mass is 35.5. The number of aliphatic hydroxyl groups is 1. The van der Waals surface area contributed by atoms with E-state index < -0.39 is 29.9 Å². The molecule has 3 aromatic rings. The van der Waals surface area contributed by atoms with E-state index in [1.807, 2.05) is 0 Å². The van der Waals surface area contributed by atoms with E-state index in [-0.39, 0.29) is 30.3 Å². The molecule has 1 amide bonds. The Hall–Kier alpha value is -3.27. The van der Waals surface area contributed by atoms with Crippen LogP contribution in [0.25, 0.3) is 10.8 Å². The summed E-state index contributed by atoms with van der Waals surface area (Å²) in [5, 5.41) is 19.3. The van der Waals surface area contributed by atoms with Gasteiger partial charge in [-0.25, -0.2) is 4.39 Å². The third-order valence-electron chi connectivity index (χ3n) is 6.57. The smallest absolute Gasteiger partial charge is 0.253 e. The summed E-state index contributed by atoms with van der Waals surface area (Å²) in [6.07, 6.45) is -0.249. The number of amides is 1. The zero-order chi connectivity index (χ0) is 25.2. The van der Waals surface area contributed by atoms with E-state index in [1.54, 1.807) is 36.4 Å². The number of hydrogen-bond donors (Lipinski definition) is 2. The van der Waals surface area contributed by atoms with E-state index >= 15 is 0 Å². The Morgan fingerprint density at radius 3 is 2.58 bits per heavy atom. The maximum Gasteiger partial charge on any atom is 0.253 e. The summed E-state index contributed by atoms with van der Waals surface area (Å²) < 4.78 is 25.4. The molecule has 2 heterocycles. The highest BCUT2D eigenvalue weighted by molar-refractivity contribution is 6.31. The van der Waals surface area contributed by atoms with Crippen molar-refractivity contribution in [3.05, 3.63) is 75.4 Å². The summed E-state index contributed by atoms with van der Waals surface area (Å²) in [4.78, 5) is 27.1. The molecule has 0 aliphatic carbocycles. The van der Waals surface area contributed by atoms with Gasteiger partial charge in [0.2, 0.25) is 0 Å². The van der Waals surface area contributed by atoms with Gasteiger partial charge in [-0.05, 0) is 71.7 Å². The molecule has 3 unspecified atom stereocenters. The number of carbonyl (C=O) groups excluding carboxylic acids is 1. The van der Waals surface area contributed by atoms with Gasteiger partial charge in [-0.15, -0.1) is 4.91 Å². The minimum Gasteiger partial charge on any atom is -0.486 e. The van der Waals surface area contributed by atoms with Gasteiger partial charge in [0, 0.05) is 11.6 Å². The lowest BCUT2D eigenvalue weighted by Gasteiger charge is -2.36. The first-order valence-corrected chi connectivity index (χ1v) is 12.1. The standard InChI is InChI=1S/C26H25ClFN3O5/c27-19-5-4-15-10-17(3-2-16(15)11-19)23(30-34)26(33)29-21(14-31-6-1-7-31)24(32)18-12-20(28)25-22(13-18)35-8-9-36-25/h2-5,10-13,21,23-24,32H,1,6-9,14H2,(H,29,33). The molecule has 8 nitrogen and oxygen atoms in total. The molecule has 2 N–H and O–H groups in total. The van der Waals surface area contributed by atoms with Gasteiger partial charge in [-0.2, -0.15) is 0 Å². The molecule has 2 aliphatic heterocycles. The van der Waals surface area contributed by atoms with Gasteiger partial charge in [-0.3, -0.25) is 4.79 Å².